The molecular weight excluding hydrogens is 309 g/mol. The van der Waals surface area contributed by atoms with Crippen molar-refractivity contribution >= 4 is 40.6 Å². The van der Waals surface area contributed by atoms with Gasteiger partial charge in [-0.25, -0.2) is 4.99 Å². The minimum Gasteiger partial charge on any atom is -0.366 e. The van der Waals surface area contributed by atoms with Gasteiger partial charge in [0.1, 0.15) is 11.0 Å². The number of amides is 1. The first-order valence-corrected chi connectivity index (χ1v) is 7.17. The summed E-state index contributed by atoms with van der Waals surface area (Å²) in [6.45, 7) is 3.73. The molecule has 1 aromatic rings. The van der Waals surface area contributed by atoms with Crippen LogP contribution in [0.4, 0.5) is 5.69 Å². The normalized spacial score (nSPS) is 13.2. The first-order chi connectivity index (χ1) is 9.99. The van der Waals surface area contributed by atoms with Crippen LogP contribution in [0.15, 0.2) is 51.6 Å². The zero-order valence-electron chi connectivity index (χ0n) is 11.9. The third-order valence-electron chi connectivity index (χ3n) is 2.50. The summed E-state index contributed by atoms with van der Waals surface area (Å²) in [6, 6.07) is 6.76. The van der Waals surface area contributed by atoms with Gasteiger partial charge in [-0.05, 0) is 31.6 Å². The van der Waals surface area contributed by atoms with E-state index in [2.05, 4.69) is 10.3 Å². The maximum atomic E-state index is 11.4. The standard InChI is InChI=1S/C15H17Cl2N3O/c1-3-7-13(17)20-15(11(16)4-2)19-12-9-6-5-8-10(12)14(18)21/h4-9H,3H2,1-2H3,(H2,18,21)(H,19,20)/b11-4+,13-7+. The molecule has 0 aliphatic rings. The molecule has 0 bridgehead atoms. The van der Waals surface area contributed by atoms with Crippen molar-refractivity contribution in [3.8, 4) is 0 Å². The molecule has 6 heteroatoms. The fraction of sp³-hybridized carbons (Fsp3) is 0.200. The number of nitrogens with one attached hydrogen (secondary N) is 1. The number of hydrogen-bond acceptors (Lipinski definition) is 2. The molecule has 1 aromatic carbocycles. The molecule has 112 valence electrons. The predicted molar refractivity (Wildman–Crippen MR) is 89.0 cm³/mol. The van der Waals surface area contributed by atoms with Gasteiger partial charge in [-0.2, -0.15) is 0 Å². The molecule has 21 heavy (non-hydrogen) atoms. The highest BCUT2D eigenvalue weighted by atomic mass is 35.5. The molecule has 0 aliphatic heterocycles. The van der Waals surface area contributed by atoms with Crippen LogP contribution in [0.1, 0.15) is 30.6 Å². The second-order valence-corrected chi connectivity index (χ2v) is 4.88. The van der Waals surface area contributed by atoms with Gasteiger partial charge < -0.3 is 11.1 Å². The van der Waals surface area contributed by atoms with Crippen molar-refractivity contribution in [2.75, 3.05) is 0 Å². The highest BCUT2D eigenvalue weighted by Gasteiger charge is 2.10. The van der Waals surface area contributed by atoms with E-state index in [1.807, 2.05) is 6.92 Å². The quantitative estimate of drug-likeness (QED) is 0.487. The van der Waals surface area contributed by atoms with Gasteiger partial charge >= 0.3 is 0 Å². The van der Waals surface area contributed by atoms with E-state index in [4.69, 9.17) is 28.9 Å². The molecule has 0 fully saturated rings. The molecule has 3 N–H and O–H groups in total. The van der Waals surface area contributed by atoms with E-state index in [-0.39, 0.29) is 0 Å². The van der Waals surface area contributed by atoms with Crippen molar-refractivity contribution in [3.63, 3.8) is 0 Å². The summed E-state index contributed by atoms with van der Waals surface area (Å²) in [5, 5.41) is 3.70. The fourth-order valence-electron chi connectivity index (χ4n) is 1.52. The van der Waals surface area contributed by atoms with Gasteiger partial charge in [-0.15, -0.1) is 0 Å². The van der Waals surface area contributed by atoms with E-state index >= 15 is 0 Å². The zero-order valence-corrected chi connectivity index (χ0v) is 13.4. The third-order valence-corrected chi connectivity index (χ3v) is 3.15. The lowest BCUT2D eigenvalue weighted by Gasteiger charge is -2.09. The number of carbonyl (C=O) groups is 1. The second kappa shape index (κ2) is 8.49. The Bertz CT molecular complexity index is 607. The molecule has 0 unspecified atom stereocenters. The maximum absolute atomic E-state index is 11.4. The first-order valence-electron chi connectivity index (χ1n) is 6.42. The van der Waals surface area contributed by atoms with Gasteiger partial charge in [-0.3, -0.25) is 4.79 Å². The summed E-state index contributed by atoms with van der Waals surface area (Å²) >= 11 is 12.2. The number of nitrogens with zero attached hydrogens (tertiary/aromatic N) is 1. The maximum Gasteiger partial charge on any atom is 0.250 e. The van der Waals surface area contributed by atoms with E-state index in [0.29, 0.717) is 27.3 Å². The van der Waals surface area contributed by atoms with Crippen LogP contribution < -0.4 is 11.1 Å². The molecule has 0 aliphatic carbocycles. The van der Waals surface area contributed by atoms with Crippen molar-refractivity contribution in [3.05, 3.63) is 52.2 Å². The van der Waals surface area contributed by atoms with E-state index in [9.17, 15) is 4.79 Å². The van der Waals surface area contributed by atoms with Gasteiger partial charge in [0.05, 0.1) is 16.3 Å². The number of allylic oxidation sites excluding steroid dienone is 2. The Labute approximate surface area is 134 Å². The van der Waals surface area contributed by atoms with E-state index < -0.39 is 5.91 Å². The van der Waals surface area contributed by atoms with Gasteiger partial charge in [0, 0.05) is 0 Å². The molecule has 0 aromatic heterocycles. The molecule has 0 radical (unpaired) electrons. The lowest BCUT2D eigenvalue weighted by atomic mass is 10.2. The Morgan fingerprint density at radius 1 is 1.38 bits per heavy atom. The van der Waals surface area contributed by atoms with Crippen LogP contribution in [-0.2, 0) is 0 Å². The van der Waals surface area contributed by atoms with Crippen molar-refractivity contribution in [2.24, 2.45) is 10.7 Å². The van der Waals surface area contributed by atoms with Crippen LogP contribution >= 0.6 is 23.2 Å². The number of para-hydroxylation sites is 1. The Kier molecular flexibility index (Phi) is 6.99. The van der Waals surface area contributed by atoms with Crippen molar-refractivity contribution < 1.29 is 4.79 Å². The first kappa shape index (κ1) is 17.3. The lowest BCUT2D eigenvalue weighted by molar-refractivity contribution is 0.100. The van der Waals surface area contributed by atoms with Crippen molar-refractivity contribution in [1.29, 1.82) is 0 Å². The number of amidine groups is 1. The highest BCUT2D eigenvalue weighted by molar-refractivity contribution is 6.44. The predicted octanol–water partition coefficient (Wildman–Crippen LogP) is 4.04. The monoisotopic (exact) mass is 325 g/mol. The molecule has 0 spiro atoms. The van der Waals surface area contributed by atoms with Crippen LogP contribution in [0.3, 0.4) is 0 Å². The average molecular weight is 326 g/mol. The minimum atomic E-state index is -0.555. The largest absolute Gasteiger partial charge is 0.366 e. The number of primary amides is 1. The summed E-state index contributed by atoms with van der Waals surface area (Å²) in [6.07, 6.45) is 4.23. The molecule has 0 atom stereocenters. The highest BCUT2D eigenvalue weighted by Crippen LogP contribution is 2.20. The summed E-state index contributed by atoms with van der Waals surface area (Å²) in [7, 11) is 0. The fourth-order valence-corrected chi connectivity index (χ4v) is 1.85. The summed E-state index contributed by atoms with van der Waals surface area (Å²) in [5.41, 5.74) is 6.07. The van der Waals surface area contributed by atoms with Crippen LogP contribution in [0, 0.1) is 0 Å². The summed E-state index contributed by atoms with van der Waals surface area (Å²) in [5.74, 6) is -0.205. The number of rotatable bonds is 5. The van der Waals surface area contributed by atoms with E-state index in [1.165, 1.54) is 0 Å². The Hall–Kier alpha value is -1.78. The third kappa shape index (κ3) is 5.25. The SMILES string of the molecule is C/C=C(/Cl)C(=Nc1ccccc1C(N)=O)N/C(Cl)=C/CC. The molecule has 0 saturated carbocycles. The summed E-state index contributed by atoms with van der Waals surface area (Å²) < 4.78 is 0. The van der Waals surface area contributed by atoms with Gasteiger partial charge in [0.2, 0.25) is 0 Å². The molecule has 4 nitrogen and oxygen atoms in total. The lowest BCUT2D eigenvalue weighted by Crippen LogP contribution is -2.21. The topological polar surface area (TPSA) is 67.5 Å². The minimum absolute atomic E-state index is 0.313. The molecule has 1 rings (SSSR count). The molecular formula is C15H17Cl2N3O. The number of aliphatic imine (C=N–C) groups is 1. The van der Waals surface area contributed by atoms with Gasteiger partial charge in [0.15, 0.2) is 0 Å². The number of halogens is 2. The smallest absolute Gasteiger partial charge is 0.250 e. The molecule has 1 amide bonds. The van der Waals surface area contributed by atoms with Crippen LogP contribution in [0.25, 0.3) is 0 Å². The van der Waals surface area contributed by atoms with Gasteiger partial charge in [-0.1, -0.05) is 48.3 Å². The number of nitrogens with two attached hydrogens (primary N) is 1. The van der Waals surface area contributed by atoms with Crippen LogP contribution in [-0.4, -0.2) is 11.7 Å². The number of benzene rings is 1. The van der Waals surface area contributed by atoms with E-state index in [1.54, 1.807) is 43.3 Å². The van der Waals surface area contributed by atoms with Crippen LogP contribution in [0.2, 0.25) is 0 Å². The summed E-state index contributed by atoms with van der Waals surface area (Å²) in [4.78, 5) is 15.8. The van der Waals surface area contributed by atoms with Crippen molar-refractivity contribution in [2.45, 2.75) is 20.3 Å². The molecule has 0 heterocycles. The molecule has 0 saturated heterocycles. The zero-order chi connectivity index (χ0) is 15.8. The average Bonchev–Trinajstić information content (AvgIpc) is 2.46. The second-order valence-electron chi connectivity index (χ2n) is 4.06. The van der Waals surface area contributed by atoms with Gasteiger partial charge in [0.25, 0.3) is 5.91 Å². The van der Waals surface area contributed by atoms with Crippen LogP contribution in [0.5, 0.6) is 0 Å². The number of carbonyl (C=O) groups excluding carboxylic acids is 1. The van der Waals surface area contributed by atoms with E-state index in [0.717, 1.165) is 6.42 Å². The Morgan fingerprint density at radius 3 is 2.62 bits per heavy atom. The number of hydrogen-bond donors (Lipinski definition) is 2. The Morgan fingerprint density at radius 2 is 2.05 bits per heavy atom. The Balaban J connectivity index is 3.27. The van der Waals surface area contributed by atoms with Crippen molar-refractivity contribution in [1.82, 2.24) is 5.32 Å².